The Kier molecular flexibility index (Phi) is 3.99. The molecule has 1 fully saturated rings. The van der Waals surface area contributed by atoms with Crippen molar-refractivity contribution in [2.75, 3.05) is 30.4 Å². The Bertz CT molecular complexity index is 613. The van der Waals surface area contributed by atoms with Gasteiger partial charge in [0.2, 0.25) is 0 Å². The van der Waals surface area contributed by atoms with E-state index in [0.29, 0.717) is 5.92 Å². The van der Waals surface area contributed by atoms with Gasteiger partial charge in [0, 0.05) is 38.4 Å². The van der Waals surface area contributed by atoms with Gasteiger partial charge in [0.25, 0.3) is 0 Å². The van der Waals surface area contributed by atoms with Gasteiger partial charge in [0.1, 0.15) is 17.5 Å². The Morgan fingerprint density at radius 3 is 2.90 bits per heavy atom. The zero-order chi connectivity index (χ0) is 14.7. The lowest BCUT2D eigenvalue weighted by molar-refractivity contribution is 0.506. The Morgan fingerprint density at radius 2 is 2.10 bits per heavy atom. The first kappa shape index (κ1) is 13.8. The molecule has 3 rings (SSSR count). The van der Waals surface area contributed by atoms with Crippen molar-refractivity contribution in [3.05, 3.63) is 42.0 Å². The topological polar surface area (TPSA) is 53.9 Å². The zero-order valence-corrected chi connectivity index (χ0v) is 12.6. The molecule has 1 aliphatic heterocycles. The van der Waals surface area contributed by atoms with Gasteiger partial charge in [-0.25, -0.2) is 15.0 Å². The van der Waals surface area contributed by atoms with Gasteiger partial charge in [-0.1, -0.05) is 0 Å². The van der Waals surface area contributed by atoms with Gasteiger partial charge in [-0.15, -0.1) is 0 Å². The highest BCUT2D eigenvalue weighted by Gasteiger charge is 2.22. The monoisotopic (exact) mass is 283 g/mol. The summed E-state index contributed by atoms with van der Waals surface area (Å²) in [6.45, 7) is 4.01. The number of aryl methyl sites for hydroxylation is 1. The van der Waals surface area contributed by atoms with Crippen molar-refractivity contribution >= 4 is 11.6 Å². The van der Waals surface area contributed by atoms with Gasteiger partial charge >= 0.3 is 0 Å². The SMILES string of the molecule is CNc1cc(C2CCCN(c3ccnc(C)n3)C2)ccn1. The minimum absolute atomic E-state index is 0.532. The summed E-state index contributed by atoms with van der Waals surface area (Å²) in [6, 6.07) is 6.28. The molecule has 1 unspecified atom stereocenters. The van der Waals surface area contributed by atoms with Crippen molar-refractivity contribution in [1.29, 1.82) is 0 Å². The van der Waals surface area contributed by atoms with E-state index in [1.54, 1.807) is 0 Å². The molecule has 0 bridgehead atoms. The molecule has 1 saturated heterocycles. The summed E-state index contributed by atoms with van der Waals surface area (Å²) in [5.41, 5.74) is 1.35. The van der Waals surface area contributed by atoms with E-state index in [2.05, 4.69) is 37.3 Å². The Morgan fingerprint density at radius 1 is 1.24 bits per heavy atom. The van der Waals surface area contributed by atoms with E-state index in [-0.39, 0.29) is 0 Å². The maximum Gasteiger partial charge on any atom is 0.132 e. The predicted octanol–water partition coefficient (Wildman–Crippen LogP) is 2.61. The van der Waals surface area contributed by atoms with Gasteiger partial charge in [0.15, 0.2) is 0 Å². The maximum atomic E-state index is 4.55. The van der Waals surface area contributed by atoms with Crippen LogP contribution in [-0.2, 0) is 0 Å². The van der Waals surface area contributed by atoms with E-state index in [0.717, 1.165) is 30.5 Å². The molecular formula is C16H21N5. The number of pyridine rings is 1. The fourth-order valence-electron chi connectivity index (χ4n) is 2.91. The highest BCUT2D eigenvalue weighted by Crippen LogP contribution is 2.29. The molecule has 1 N–H and O–H groups in total. The highest BCUT2D eigenvalue weighted by molar-refractivity contribution is 5.42. The molecule has 3 heterocycles. The molecule has 0 radical (unpaired) electrons. The Hall–Kier alpha value is -2.17. The van der Waals surface area contributed by atoms with Gasteiger partial charge in [-0.05, 0) is 43.5 Å². The third-order valence-electron chi connectivity index (χ3n) is 4.02. The number of piperidine rings is 1. The van der Waals surface area contributed by atoms with Gasteiger partial charge < -0.3 is 10.2 Å². The molecule has 110 valence electrons. The van der Waals surface area contributed by atoms with Crippen LogP contribution in [0.3, 0.4) is 0 Å². The minimum Gasteiger partial charge on any atom is -0.373 e. The average molecular weight is 283 g/mol. The standard InChI is InChI=1S/C16H21N5/c1-12-18-8-6-16(20-12)21-9-3-4-14(11-21)13-5-7-19-15(10-13)17-2/h5-8,10,14H,3-4,9,11H2,1-2H3,(H,17,19). The van der Waals surface area contributed by atoms with Crippen LogP contribution in [0, 0.1) is 6.92 Å². The summed E-state index contributed by atoms with van der Waals surface area (Å²) >= 11 is 0. The van der Waals surface area contributed by atoms with Crippen LogP contribution in [0.5, 0.6) is 0 Å². The average Bonchev–Trinajstić information content (AvgIpc) is 2.55. The van der Waals surface area contributed by atoms with Crippen LogP contribution < -0.4 is 10.2 Å². The number of aromatic nitrogens is 3. The third-order valence-corrected chi connectivity index (χ3v) is 4.02. The first-order valence-corrected chi connectivity index (χ1v) is 7.44. The maximum absolute atomic E-state index is 4.55. The molecule has 5 heteroatoms. The lowest BCUT2D eigenvalue weighted by Gasteiger charge is -2.34. The first-order chi connectivity index (χ1) is 10.3. The van der Waals surface area contributed by atoms with Crippen LogP contribution in [-0.4, -0.2) is 35.1 Å². The van der Waals surface area contributed by atoms with E-state index in [9.17, 15) is 0 Å². The molecule has 0 spiro atoms. The molecule has 2 aromatic heterocycles. The number of nitrogens with one attached hydrogen (secondary N) is 1. The molecule has 5 nitrogen and oxygen atoms in total. The summed E-state index contributed by atoms with van der Waals surface area (Å²) < 4.78 is 0. The van der Waals surface area contributed by atoms with Gasteiger partial charge in [0.05, 0.1) is 0 Å². The fraction of sp³-hybridized carbons (Fsp3) is 0.438. The number of rotatable bonds is 3. The summed E-state index contributed by atoms with van der Waals surface area (Å²) in [6.07, 6.45) is 6.13. The third kappa shape index (κ3) is 3.12. The second-order valence-electron chi connectivity index (χ2n) is 5.47. The lowest BCUT2D eigenvalue weighted by atomic mass is 9.91. The van der Waals surface area contributed by atoms with Crippen molar-refractivity contribution in [3.8, 4) is 0 Å². The number of nitrogens with zero attached hydrogens (tertiary/aromatic N) is 4. The summed E-state index contributed by atoms with van der Waals surface area (Å²) in [4.78, 5) is 15.4. The van der Waals surface area contributed by atoms with E-state index in [1.807, 2.05) is 32.4 Å². The molecule has 0 aliphatic carbocycles. The van der Waals surface area contributed by atoms with Crippen molar-refractivity contribution < 1.29 is 0 Å². The van der Waals surface area contributed by atoms with Crippen LogP contribution in [0.25, 0.3) is 0 Å². The minimum atomic E-state index is 0.532. The largest absolute Gasteiger partial charge is 0.373 e. The summed E-state index contributed by atoms with van der Waals surface area (Å²) in [5.74, 6) is 3.33. The van der Waals surface area contributed by atoms with Crippen molar-refractivity contribution in [1.82, 2.24) is 15.0 Å². The Labute approximate surface area is 125 Å². The van der Waals surface area contributed by atoms with Crippen molar-refractivity contribution in [2.45, 2.75) is 25.7 Å². The lowest BCUT2D eigenvalue weighted by Crippen LogP contribution is -2.35. The number of hydrogen-bond donors (Lipinski definition) is 1. The van der Waals surface area contributed by atoms with Crippen LogP contribution in [0.15, 0.2) is 30.6 Å². The van der Waals surface area contributed by atoms with Crippen LogP contribution in [0.4, 0.5) is 11.6 Å². The molecule has 1 atom stereocenters. The van der Waals surface area contributed by atoms with E-state index in [4.69, 9.17) is 0 Å². The van der Waals surface area contributed by atoms with E-state index >= 15 is 0 Å². The zero-order valence-electron chi connectivity index (χ0n) is 12.6. The molecule has 2 aromatic rings. The molecule has 0 aromatic carbocycles. The predicted molar refractivity (Wildman–Crippen MR) is 84.7 cm³/mol. The second kappa shape index (κ2) is 6.08. The molecule has 0 saturated carbocycles. The summed E-state index contributed by atoms with van der Waals surface area (Å²) in [7, 11) is 1.91. The van der Waals surface area contributed by atoms with E-state index in [1.165, 1.54) is 18.4 Å². The number of hydrogen-bond acceptors (Lipinski definition) is 5. The van der Waals surface area contributed by atoms with Crippen LogP contribution in [0.1, 0.15) is 30.1 Å². The van der Waals surface area contributed by atoms with E-state index < -0.39 is 0 Å². The molecule has 1 aliphatic rings. The second-order valence-corrected chi connectivity index (χ2v) is 5.47. The molecule has 0 amide bonds. The first-order valence-electron chi connectivity index (χ1n) is 7.44. The molecular weight excluding hydrogens is 262 g/mol. The Balaban J connectivity index is 1.79. The van der Waals surface area contributed by atoms with Gasteiger partial charge in [-0.3, -0.25) is 0 Å². The normalized spacial score (nSPS) is 18.6. The summed E-state index contributed by atoms with van der Waals surface area (Å²) in [5, 5.41) is 3.11. The van der Waals surface area contributed by atoms with Crippen molar-refractivity contribution in [2.24, 2.45) is 0 Å². The van der Waals surface area contributed by atoms with Crippen molar-refractivity contribution in [3.63, 3.8) is 0 Å². The van der Waals surface area contributed by atoms with Gasteiger partial charge in [-0.2, -0.15) is 0 Å². The van der Waals surface area contributed by atoms with Crippen LogP contribution >= 0.6 is 0 Å². The number of anilines is 2. The van der Waals surface area contributed by atoms with Crippen LogP contribution in [0.2, 0.25) is 0 Å². The quantitative estimate of drug-likeness (QED) is 0.938. The smallest absolute Gasteiger partial charge is 0.132 e. The molecule has 21 heavy (non-hydrogen) atoms. The highest BCUT2D eigenvalue weighted by atomic mass is 15.2. The fourth-order valence-corrected chi connectivity index (χ4v) is 2.91.